The highest BCUT2D eigenvalue weighted by Crippen LogP contribution is 2.24. The Bertz CT molecular complexity index is 657. The van der Waals surface area contributed by atoms with Crippen LogP contribution in [0.1, 0.15) is 33.1 Å². The summed E-state index contributed by atoms with van der Waals surface area (Å²) in [5.74, 6) is 0.845. The van der Waals surface area contributed by atoms with Gasteiger partial charge < -0.3 is 9.64 Å². The van der Waals surface area contributed by atoms with Gasteiger partial charge in [0.05, 0.1) is 0 Å². The Morgan fingerprint density at radius 2 is 1.77 bits per heavy atom. The molecule has 1 aliphatic heterocycles. The third-order valence-electron chi connectivity index (χ3n) is 4.56. The van der Waals surface area contributed by atoms with Crippen LogP contribution in [0.3, 0.4) is 0 Å². The topological polar surface area (TPSA) is 29.5 Å². The molecule has 2 aromatic carbocycles. The van der Waals surface area contributed by atoms with Crippen LogP contribution in [0.25, 0.3) is 10.8 Å². The molecule has 0 aromatic heterocycles. The van der Waals surface area contributed by atoms with E-state index in [1.165, 1.54) is 11.8 Å². The molecule has 1 amide bonds. The van der Waals surface area contributed by atoms with E-state index in [2.05, 4.69) is 26.0 Å². The van der Waals surface area contributed by atoms with E-state index in [0.29, 0.717) is 12.1 Å². The highest BCUT2D eigenvalue weighted by Gasteiger charge is 2.28. The van der Waals surface area contributed by atoms with E-state index in [1.54, 1.807) is 0 Å². The fraction of sp³-hybridized carbons (Fsp3) is 0.421. The van der Waals surface area contributed by atoms with Crippen molar-refractivity contribution in [2.24, 2.45) is 0 Å². The molecule has 0 saturated carbocycles. The molecule has 0 aliphatic carbocycles. The van der Waals surface area contributed by atoms with Crippen molar-refractivity contribution in [2.75, 3.05) is 6.61 Å². The Balaban J connectivity index is 1.66. The zero-order valence-electron chi connectivity index (χ0n) is 13.3. The summed E-state index contributed by atoms with van der Waals surface area (Å²) in [6.45, 7) is 4.38. The van der Waals surface area contributed by atoms with Crippen molar-refractivity contribution in [2.45, 2.75) is 45.2 Å². The van der Waals surface area contributed by atoms with Gasteiger partial charge in [0.1, 0.15) is 5.75 Å². The van der Waals surface area contributed by atoms with Gasteiger partial charge in [-0.25, -0.2) is 0 Å². The first kappa shape index (κ1) is 14.9. The molecule has 116 valence electrons. The van der Waals surface area contributed by atoms with Crippen molar-refractivity contribution in [3.05, 3.63) is 42.5 Å². The number of amides is 1. The van der Waals surface area contributed by atoms with Crippen LogP contribution in [-0.4, -0.2) is 29.5 Å². The van der Waals surface area contributed by atoms with Gasteiger partial charge in [-0.1, -0.05) is 30.3 Å². The van der Waals surface area contributed by atoms with Crippen molar-refractivity contribution in [3.63, 3.8) is 0 Å². The number of fused-ring (bicyclic) bond motifs is 1. The average Bonchev–Trinajstić information content (AvgIpc) is 2.52. The third kappa shape index (κ3) is 3.08. The maximum absolute atomic E-state index is 12.5. The summed E-state index contributed by atoms with van der Waals surface area (Å²) >= 11 is 0. The Kier molecular flexibility index (Phi) is 4.32. The molecular formula is C19H23NO2. The molecule has 22 heavy (non-hydrogen) atoms. The molecule has 0 N–H and O–H groups in total. The minimum Gasteiger partial charge on any atom is -0.484 e. The number of likely N-dealkylation sites (tertiary alicyclic amines) is 1. The van der Waals surface area contributed by atoms with Gasteiger partial charge in [-0.05, 0) is 56.0 Å². The van der Waals surface area contributed by atoms with Gasteiger partial charge in [-0.3, -0.25) is 4.79 Å². The van der Waals surface area contributed by atoms with E-state index in [1.807, 2.05) is 35.2 Å². The van der Waals surface area contributed by atoms with E-state index in [9.17, 15) is 4.79 Å². The lowest BCUT2D eigenvalue weighted by atomic mass is 9.97. The van der Waals surface area contributed by atoms with E-state index in [4.69, 9.17) is 4.74 Å². The van der Waals surface area contributed by atoms with Crippen molar-refractivity contribution in [3.8, 4) is 5.75 Å². The number of nitrogens with zero attached hydrogens (tertiary/aromatic N) is 1. The number of hydrogen-bond donors (Lipinski definition) is 0. The maximum atomic E-state index is 12.5. The zero-order valence-corrected chi connectivity index (χ0v) is 13.3. The molecule has 1 aliphatic rings. The first-order valence-corrected chi connectivity index (χ1v) is 8.08. The number of carbonyl (C=O) groups excluding carboxylic acids is 1. The van der Waals surface area contributed by atoms with Crippen LogP contribution in [0.15, 0.2) is 42.5 Å². The van der Waals surface area contributed by atoms with Gasteiger partial charge in [0.2, 0.25) is 0 Å². The van der Waals surface area contributed by atoms with Crippen LogP contribution in [0, 0.1) is 0 Å². The monoisotopic (exact) mass is 297 g/mol. The van der Waals surface area contributed by atoms with E-state index >= 15 is 0 Å². The van der Waals surface area contributed by atoms with Gasteiger partial charge in [-0.15, -0.1) is 0 Å². The minimum atomic E-state index is 0.0906. The first-order valence-electron chi connectivity index (χ1n) is 8.08. The smallest absolute Gasteiger partial charge is 0.260 e. The summed E-state index contributed by atoms with van der Waals surface area (Å²) in [5, 5.41) is 2.31. The second-order valence-corrected chi connectivity index (χ2v) is 6.23. The highest BCUT2D eigenvalue weighted by atomic mass is 16.5. The molecule has 2 atom stereocenters. The highest BCUT2D eigenvalue weighted by molar-refractivity contribution is 5.84. The van der Waals surface area contributed by atoms with Crippen molar-refractivity contribution in [1.29, 1.82) is 0 Å². The van der Waals surface area contributed by atoms with Crippen LogP contribution in [0.4, 0.5) is 0 Å². The Morgan fingerprint density at radius 3 is 2.50 bits per heavy atom. The normalized spacial score (nSPS) is 21.8. The molecule has 3 heteroatoms. The van der Waals surface area contributed by atoms with E-state index in [0.717, 1.165) is 24.0 Å². The summed E-state index contributed by atoms with van der Waals surface area (Å²) in [5.41, 5.74) is 0. The van der Waals surface area contributed by atoms with Gasteiger partial charge in [0.15, 0.2) is 6.61 Å². The molecule has 1 saturated heterocycles. The molecule has 0 spiro atoms. The largest absolute Gasteiger partial charge is 0.484 e. The molecule has 1 heterocycles. The summed E-state index contributed by atoms with van der Waals surface area (Å²) in [7, 11) is 0. The minimum absolute atomic E-state index is 0.0906. The fourth-order valence-electron chi connectivity index (χ4n) is 3.39. The number of carbonyl (C=O) groups is 1. The zero-order chi connectivity index (χ0) is 15.5. The molecule has 0 radical (unpaired) electrons. The quantitative estimate of drug-likeness (QED) is 0.856. The predicted molar refractivity (Wildman–Crippen MR) is 89.1 cm³/mol. The molecule has 3 nitrogen and oxygen atoms in total. The molecule has 2 unspecified atom stereocenters. The fourth-order valence-corrected chi connectivity index (χ4v) is 3.39. The summed E-state index contributed by atoms with van der Waals surface area (Å²) in [4.78, 5) is 14.4. The lowest BCUT2D eigenvalue weighted by Gasteiger charge is -2.38. The summed E-state index contributed by atoms with van der Waals surface area (Å²) in [6.07, 6.45) is 3.38. The lowest BCUT2D eigenvalue weighted by Crippen LogP contribution is -2.49. The second kappa shape index (κ2) is 6.39. The second-order valence-electron chi connectivity index (χ2n) is 6.23. The van der Waals surface area contributed by atoms with Gasteiger partial charge in [0, 0.05) is 12.1 Å². The summed E-state index contributed by atoms with van der Waals surface area (Å²) < 4.78 is 5.73. The Morgan fingerprint density at radius 1 is 1.09 bits per heavy atom. The van der Waals surface area contributed by atoms with Gasteiger partial charge in [-0.2, -0.15) is 0 Å². The van der Waals surface area contributed by atoms with Gasteiger partial charge >= 0.3 is 0 Å². The standard InChI is InChI=1S/C19H23NO2/c1-14-6-5-7-15(2)20(14)19(21)13-22-18-11-10-16-8-3-4-9-17(16)12-18/h3-4,8-12,14-15H,5-7,13H2,1-2H3. The Hall–Kier alpha value is -2.03. The van der Waals surface area contributed by atoms with Crippen molar-refractivity contribution >= 4 is 16.7 Å². The Labute approximate surface area is 131 Å². The molecule has 0 bridgehead atoms. The molecule has 1 fully saturated rings. The predicted octanol–water partition coefficient (Wildman–Crippen LogP) is 4.01. The number of benzene rings is 2. The average molecular weight is 297 g/mol. The first-order chi connectivity index (χ1) is 10.6. The summed E-state index contributed by atoms with van der Waals surface area (Å²) in [6, 6.07) is 14.7. The van der Waals surface area contributed by atoms with E-state index in [-0.39, 0.29) is 12.5 Å². The molecular weight excluding hydrogens is 274 g/mol. The third-order valence-corrected chi connectivity index (χ3v) is 4.56. The number of rotatable bonds is 3. The van der Waals surface area contributed by atoms with Crippen LogP contribution >= 0.6 is 0 Å². The van der Waals surface area contributed by atoms with Crippen LogP contribution in [0.2, 0.25) is 0 Å². The van der Waals surface area contributed by atoms with Crippen LogP contribution < -0.4 is 4.74 Å². The van der Waals surface area contributed by atoms with Crippen LogP contribution in [-0.2, 0) is 4.79 Å². The van der Waals surface area contributed by atoms with Crippen LogP contribution in [0.5, 0.6) is 5.75 Å². The van der Waals surface area contributed by atoms with E-state index < -0.39 is 0 Å². The molecule has 3 rings (SSSR count). The SMILES string of the molecule is CC1CCCC(C)N1C(=O)COc1ccc2ccccc2c1. The van der Waals surface area contributed by atoms with Crippen molar-refractivity contribution in [1.82, 2.24) is 4.90 Å². The number of ether oxygens (including phenoxy) is 1. The van der Waals surface area contributed by atoms with Crippen molar-refractivity contribution < 1.29 is 9.53 Å². The lowest BCUT2D eigenvalue weighted by molar-refractivity contribution is -0.139. The number of piperidine rings is 1. The molecule has 2 aromatic rings. The number of hydrogen-bond acceptors (Lipinski definition) is 2. The van der Waals surface area contributed by atoms with Gasteiger partial charge in [0.25, 0.3) is 5.91 Å². The maximum Gasteiger partial charge on any atom is 0.260 e.